The van der Waals surface area contributed by atoms with Gasteiger partial charge in [0.15, 0.2) is 0 Å². The van der Waals surface area contributed by atoms with Crippen molar-refractivity contribution in [2.75, 3.05) is 0 Å². The van der Waals surface area contributed by atoms with Gasteiger partial charge in [-0.05, 0) is 132 Å². The number of rotatable bonds is 6. The van der Waals surface area contributed by atoms with Crippen molar-refractivity contribution < 1.29 is 0 Å². The largest absolute Gasteiger partial charge is 0.309 e. The Morgan fingerprint density at radius 3 is 1.06 bits per heavy atom. The Kier molecular flexibility index (Phi) is 8.24. The number of hydrogen-bond donors (Lipinski definition) is 0. The molecular formula is C60H36N6. The lowest BCUT2D eigenvalue weighted by Crippen LogP contribution is -1.98. The molecule has 0 saturated carbocycles. The number of nitrogens with zero attached hydrogens (tertiary/aromatic N) is 6. The van der Waals surface area contributed by atoms with Crippen LogP contribution >= 0.6 is 0 Å². The third-order valence-electron chi connectivity index (χ3n) is 13.2. The fourth-order valence-electron chi connectivity index (χ4n) is 10.2. The molecular weight excluding hydrogens is 805 g/mol. The molecule has 6 nitrogen and oxygen atoms in total. The van der Waals surface area contributed by atoms with E-state index in [9.17, 15) is 10.5 Å². The van der Waals surface area contributed by atoms with Crippen molar-refractivity contribution in [2.45, 2.75) is 0 Å². The zero-order chi connectivity index (χ0) is 43.9. The normalized spacial score (nSPS) is 11.6. The predicted molar refractivity (Wildman–Crippen MR) is 269 cm³/mol. The molecule has 0 amide bonds. The van der Waals surface area contributed by atoms with E-state index < -0.39 is 0 Å². The Balaban J connectivity index is 1.08. The van der Waals surface area contributed by atoms with E-state index >= 15 is 0 Å². The monoisotopic (exact) mass is 840 g/mol. The first-order valence-corrected chi connectivity index (χ1v) is 22.0. The molecule has 0 aliphatic rings. The van der Waals surface area contributed by atoms with Gasteiger partial charge in [0.25, 0.3) is 0 Å². The maximum Gasteiger partial charge on any atom is 0.0991 e. The van der Waals surface area contributed by atoms with E-state index in [1.807, 2.05) is 48.5 Å². The van der Waals surface area contributed by atoms with Crippen molar-refractivity contribution >= 4 is 65.4 Å². The Hall–Kier alpha value is -9.36. The number of aromatic nitrogens is 4. The highest BCUT2D eigenvalue weighted by Gasteiger charge is 2.21. The van der Waals surface area contributed by atoms with Crippen LogP contribution in [-0.4, -0.2) is 18.3 Å². The maximum absolute atomic E-state index is 9.74. The van der Waals surface area contributed by atoms with Gasteiger partial charge in [0.2, 0.25) is 0 Å². The van der Waals surface area contributed by atoms with Crippen LogP contribution in [0.5, 0.6) is 0 Å². The van der Waals surface area contributed by atoms with Gasteiger partial charge in [0, 0.05) is 55.1 Å². The van der Waals surface area contributed by atoms with Crippen molar-refractivity contribution in [1.82, 2.24) is 18.3 Å². The van der Waals surface area contributed by atoms with E-state index in [1.54, 1.807) is 0 Å². The number of nitriles is 2. The lowest BCUT2D eigenvalue weighted by Gasteiger charge is -2.14. The lowest BCUT2D eigenvalue weighted by atomic mass is 10.1. The first-order chi connectivity index (χ1) is 32.6. The minimum absolute atomic E-state index is 0.621. The van der Waals surface area contributed by atoms with Gasteiger partial charge in [-0.15, -0.1) is 0 Å². The van der Waals surface area contributed by atoms with Gasteiger partial charge in [0.1, 0.15) is 0 Å². The number of para-hydroxylation sites is 4. The topological polar surface area (TPSA) is 67.3 Å². The molecule has 6 heteroatoms. The zero-order valence-electron chi connectivity index (χ0n) is 35.5. The van der Waals surface area contributed by atoms with Crippen LogP contribution in [0, 0.1) is 22.7 Å². The van der Waals surface area contributed by atoms with Crippen LogP contribution in [-0.2, 0) is 0 Å². The summed E-state index contributed by atoms with van der Waals surface area (Å²) in [4.78, 5) is 0. The van der Waals surface area contributed by atoms with Gasteiger partial charge < -0.3 is 18.3 Å². The van der Waals surface area contributed by atoms with E-state index in [2.05, 4.69) is 200 Å². The summed E-state index contributed by atoms with van der Waals surface area (Å²) >= 11 is 0. The predicted octanol–water partition coefficient (Wildman–Crippen LogP) is 14.8. The van der Waals surface area contributed by atoms with Crippen LogP contribution < -0.4 is 0 Å². The summed E-state index contributed by atoms with van der Waals surface area (Å²) in [6.45, 7) is 0. The SMILES string of the molecule is N#Cc1ccc(-c2cc3cc4c(cc(-c5ccc(C#N)cc5)n4-c4ccc5c(c4)c4ccccc4n5-c4ccccc4)cc3n2-c2ccc3c(c2)c2ccccc2n3-c2ccccc2)cc1. The minimum atomic E-state index is 0.621. The molecule has 13 rings (SSSR count). The molecule has 0 radical (unpaired) electrons. The van der Waals surface area contributed by atoms with Crippen molar-refractivity contribution in [2.24, 2.45) is 0 Å². The minimum Gasteiger partial charge on any atom is -0.309 e. The maximum atomic E-state index is 9.74. The smallest absolute Gasteiger partial charge is 0.0991 e. The van der Waals surface area contributed by atoms with E-state index in [4.69, 9.17) is 0 Å². The van der Waals surface area contributed by atoms with Crippen LogP contribution in [0.25, 0.3) is 111 Å². The molecule has 0 fully saturated rings. The third-order valence-corrected chi connectivity index (χ3v) is 13.2. The molecule has 0 unspecified atom stereocenters. The third kappa shape index (κ3) is 5.66. The molecule has 4 heterocycles. The van der Waals surface area contributed by atoms with Gasteiger partial charge in [-0.1, -0.05) is 97.1 Å². The standard InChI is InChI=1S/C60H36N6/c61-37-39-19-23-41(24-20-39)57-31-43-34-60-44(33-59(43)65(57)47-27-29-55-51(35-47)49-15-7-9-17-53(49)63(55)45-11-3-1-4-12-45)32-58(42-25-21-40(38-62)22-26-42)66(60)48-28-30-56-52(36-48)50-16-8-10-18-54(50)64(56)46-13-5-2-6-14-46/h1-36H. The molecule has 306 valence electrons. The van der Waals surface area contributed by atoms with E-state index in [-0.39, 0.29) is 0 Å². The van der Waals surface area contributed by atoms with Gasteiger partial charge in [-0.2, -0.15) is 10.5 Å². The first-order valence-electron chi connectivity index (χ1n) is 22.0. The lowest BCUT2D eigenvalue weighted by molar-refractivity contribution is 1.13. The fraction of sp³-hybridized carbons (Fsp3) is 0. The average molecular weight is 841 g/mol. The van der Waals surface area contributed by atoms with Crippen LogP contribution in [0.15, 0.2) is 218 Å². The van der Waals surface area contributed by atoms with Crippen LogP contribution in [0.1, 0.15) is 11.1 Å². The summed E-state index contributed by atoms with van der Waals surface area (Å²) in [7, 11) is 0. The Labute approximate surface area is 379 Å². The molecule has 0 atom stereocenters. The van der Waals surface area contributed by atoms with Crippen molar-refractivity contribution in [1.29, 1.82) is 10.5 Å². The second kappa shape index (κ2) is 14.6. The quantitative estimate of drug-likeness (QED) is 0.167. The molecule has 66 heavy (non-hydrogen) atoms. The molecule has 0 saturated heterocycles. The molecule has 0 N–H and O–H groups in total. The van der Waals surface area contributed by atoms with Crippen LogP contribution in [0.2, 0.25) is 0 Å². The molecule has 0 bridgehead atoms. The summed E-state index contributed by atoms with van der Waals surface area (Å²) < 4.78 is 9.43. The Morgan fingerprint density at radius 2 is 0.652 bits per heavy atom. The molecule has 9 aromatic carbocycles. The van der Waals surface area contributed by atoms with Gasteiger partial charge >= 0.3 is 0 Å². The van der Waals surface area contributed by atoms with Gasteiger partial charge in [-0.25, -0.2) is 0 Å². The number of fused-ring (bicyclic) bond motifs is 8. The molecule has 0 aliphatic carbocycles. The fourth-order valence-corrected chi connectivity index (χ4v) is 10.2. The summed E-state index contributed by atoms with van der Waals surface area (Å²) in [6, 6.07) is 81.5. The summed E-state index contributed by atoms with van der Waals surface area (Å²) in [5.41, 5.74) is 16.4. The van der Waals surface area contributed by atoms with Crippen molar-refractivity contribution in [3.8, 4) is 57.4 Å². The summed E-state index contributed by atoms with van der Waals surface area (Å²) in [5.74, 6) is 0. The highest BCUT2D eigenvalue weighted by Crippen LogP contribution is 2.42. The molecule has 4 aromatic heterocycles. The average Bonchev–Trinajstić information content (AvgIpc) is 4.13. The number of benzene rings is 9. The Bertz CT molecular complexity index is 3880. The zero-order valence-corrected chi connectivity index (χ0v) is 35.5. The van der Waals surface area contributed by atoms with E-state index in [1.165, 1.54) is 21.5 Å². The molecule has 13 aromatic rings. The highest BCUT2D eigenvalue weighted by molar-refractivity contribution is 6.12. The van der Waals surface area contributed by atoms with E-state index in [0.717, 1.165) is 89.1 Å². The summed E-state index contributed by atoms with van der Waals surface area (Å²) in [6.07, 6.45) is 0. The van der Waals surface area contributed by atoms with Gasteiger partial charge in [0.05, 0.1) is 67.8 Å². The number of hydrogen-bond acceptors (Lipinski definition) is 2. The second-order valence-electron chi connectivity index (χ2n) is 16.9. The van der Waals surface area contributed by atoms with Gasteiger partial charge in [-0.3, -0.25) is 0 Å². The van der Waals surface area contributed by atoms with Crippen molar-refractivity contribution in [3.05, 3.63) is 230 Å². The molecule has 0 spiro atoms. The summed E-state index contributed by atoms with van der Waals surface area (Å²) in [5, 5.41) is 26.4. The van der Waals surface area contributed by atoms with Crippen LogP contribution in [0.3, 0.4) is 0 Å². The Morgan fingerprint density at radius 1 is 0.273 bits per heavy atom. The van der Waals surface area contributed by atoms with Crippen LogP contribution in [0.4, 0.5) is 0 Å². The first kappa shape index (κ1) is 37.2. The van der Waals surface area contributed by atoms with E-state index in [0.29, 0.717) is 11.1 Å². The molecule has 0 aliphatic heterocycles. The highest BCUT2D eigenvalue weighted by atomic mass is 15.0. The second-order valence-corrected chi connectivity index (χ2v) is 16.9. The van der Waals surface area contributed by atoms with Crippen molar-refractivity contribution in [3.63, 3.8) is 0 Å².